The van der Waals surface area contributed by atoms with Crippen LogP contribution in [-0.2, 0) is 7.05 Å². The maximum atomic E-state index is 4.16. The van der Waals surface area contributed by atoms with Crippen molar-refractivity contribution in [3.8, 4) is 11.5 Å². The lowest BCUT2D eigenvalue weighted by Crippen LogP contribution is -2.28. The van der Waals surface area contributed by atoms with Crippen LogP contribution in [0.15, 0.2) is 30.7 Å². The fourth-order valence-electron chi connectivity index (χ4n) is 0.995. The average molecular weight is 161 g/mol. The molecule has 0 bridgehead atoms. The third kappa shape index (κ3) is 1.18. The maximum Gasteiger partial charge on any atom is 0.307 e. The number of rotatable bonds is 1. The van der Waals surface area contributed by atoms with Gasteiger partial charge in [0.25, 0.3) is 0 Å². The number of hydrogen-bond acceptors (Lipinski definition) is 2. The van der Waals surface area contributed by atoms with E-state index in [0.29, 0.717) is 0 Å². The Morgan fingerprint density at radius 2 is 2.25 bits per heavy atom. The molecule has 0 spiro atoms. The molecule has 0 saturated carbocycles. The van der Waals surface area contributed by atoms with Gasteiger partial charge in [-0.3, -0.25) is 4.98 Å². The second kappa shape index (κ2) is 2.73. The Labute approximate surface area is 69.9 Å². The Morgan fingerprint density at radius 1 is 1.33 bits per heavy atom. The summed E-state index contributed by atoms with van der Waals surface area (Å²) < 4.78 is 1.78. The maximum absolute atomic E-state index is 4.16. The third-order valence-electron chi connectivity index (χ3n) is 1.55. The number of aromatic amines is 1. The Bertz CT molecular complexity index is 366. The van der Waals surface area contributed by atoms with Gasteiger partial charge in [0.05, 0.1) is 0 Å². The lowest BCUT2D eigenvalue weighted by atomic mass is 10.3. The Hall–Kier alpha value is -1.71. The van der Waals surface area contributed by atoms with Crippen LogP contribution < -0.4 is 4.68 Å². The number of hydrogen-bond donors (Lipinski definition) is 1. The third-order valence-corrected chi connectivity index (χ3v) is 1.55. The minimum absolute atomic E-state index is 0.790. The van der Waals surface area contributed by atoms with Gasteiger partial charge >= 0.3 is 12.2 Å². The van der Waals surface area contributed by atoms with Crippen molar-refractivity contribution in [2.75, 3.05) is 0 Å². The van der Waals surface area contributed by atoms with Crippen LogP contribution in [0.5, 0.6) is 0 Å². The Balaban J connectivity index is 2.45. The molecule has 0 aromatic carbocycles. The van der Waals surface area contributed by atoms with E-state index in [-0.39, 0.29) is 0 Å². The molecule has 4 nitrogen and oxygen atoms in total. The minimum Gasteiger partial charge on any atom is -0.250 e. The summed E-state index contributed by atoms with van der Waals surface area (Å²) in [5.74, 6) is 0.790. The van der Waals surface area contributed by atoms with E-state index >= 15 is 0 Å². The molecule has 0 aliphatic carbocycles. The molecule has 2 rings (SSSR count). The summed E-state index contributed by atoms with van der Waals surface area (Å²) in [6, 6.07) is 5.73. The van der Waals surface area contributed by atoms with Crippen LogP contribution in [0.4, 0.5) is 0 Å². The van der Waals surface area contributed by atoms with Gasteiger partial charge in [0.1, 0.15) is 12.7 Å². The first-order valence-electron chi connectivity index (χ1n) is 3.68. The predicted octanol–water partition coefficient (Wildman–Crippen LogP) is 0.296. The fraction of sp³-hybridized carbons (Fsp3) is 0.125. The smallest absolute Gasteiger partial charge is 0.250 e. The summed E-state index contributed by atoms with van der Waals surface area (Å²) in [5, 5.41) is 3.04. The van der Waals surface area contributed by atoms with E-state index in [2.05, 4.69) is 15.1 Å². The molecule has 2 aromatic rings. The molecule has 0 radical (unpaired) electrons. The monoisotopic (exact) mass is 161 g/mol. The molecule has 4 heteroatoms. The molecular formula is C8H9N4+. The SMILES string of the molecule is C[n+]1cnc(-c2ccccn2)[nH]1. The van der Waals surface area contributed by atoms with Gasteiger partial charge in [-0.1, -0.05) is 6.07 Å². The predicted molar refractivity (Wildman–Crippen MR) is 43.0 cm³/mol. The van der Waals surface area contributed by atoms with Gasteiger partial charge in [0, 0.05) is 6.20 Å². The topological polar surface area (TPSA) is 45.5 Å². The van der Waals surface area contributed by atoms with Crippen molar-refractivity contribution < 1.29 is 4.68 Å². The zero-order valence-corrected chi connectivity index (χ0v) is 6.73. The number of H-pyrrole nitrogens is 1. The van der Waals surface area contributed by atoms with E-state index in [0.717, 1.165) is 11.5 Å². The van der Waals surface area contributed by atoms with Crippen molar-refractivity contribution in [3.63, 3.8) is 0 Å². The highest BCUT2D eigenvalue weighted by Crippen LogP contribution is 2.06. The minimum atomic E-state index is 0.790. The molecule has 0 aliphatic rings. The second-order valence-corrected chi connectivity index (χ2v) is 2.53. The molecule has 1 N–H and O–H groups in total. The van der Waals surface area contributed by atoms with Crippen molar-refractivity contribution in [1.82, 2.24) is 15.1 Å². The standard InChI is InChI=1S/C8H8N4/c1-12-6-10-8(11-12)7-4-2-3-5-9-7/h2-6H,1H3/p+1. The van der Waals surface area contributed by atoms with Crippen molar-refractivity contribution in [1.29, 1.82) is 0 Å². The van der Waals surface area contributed by atoms with Gasteiger partial charge in [-0.05, 0) is 17.1 Å². The van der Waals surface area contributed by atoms with Crippen LogP contribution in [0, 0.1) is 0 Å². The molecular weight excluding hydrogens is 152 g/mol. The molecule has 2 heterocycles. The van der Waals surface area contributed by atoms with Gasteiger partial charge in [-0.2, -0.15) is 9.78 Å². The van der Waals surface area contributed by atoms with E-state index in [1.54, 1.807) is 17.2 Å². The van der Waals surface area contributed by atoms with Crippen LogP contribution in [0.2, 0.25) is 0 Å². The average Bonchev–Trinajstić information content (AvgIpc) is 2.54. The molecule has 0 saturated heterocycles. The van der Waals surface area contributed by atoms with Crippen LogP contribution in [0.25, 0.3) is 11.5 Å². The summed E-state index contributed by atoms with van der Waals surface area (Å²) in [6.07, 6.45) is 3.46. The van der Waals surface area contributed by atoms with E-state index in [1.807, 2.05) is 25.2 Å². The summed E-state index contributed by atoms with van der Waals surface area (Å²) >= 11 is 0. The Kier molecular flexibility index (Phi) is 1.59. The van der Waals surface area contributed by atoms with Crippen LogP contribution in [0.3, 0.4) is 0 Å². The summed E-state index contributed by atoms with van der Waals surface area (Å²) in [6.45, 7) is 0. The quantitative estimate of drug-likeness (QED) is 0.611. The lowest BCUT2D eigenvalue weighted by molar-refractivity contribution is -0.727. The number of aromatic nitrogens is 4. The first-order chi connectivity index (χ1) is 5.86. The highest BCUT2D eigenvalue weighted by Gasteiger charge is 2.08. The number of nitrogens with zero attached hydrogens (tertiary/aromatic N) is 3. The molecule has 0 fully saturated rings. The largest absolute Gasteiger partial charge is 0.307 e. The highest BCUT2D eigenvalue weighted by atomic mass is 15.3. The summed E-state index contributed by atoms with van der Waals surface area (Å²) in [4.78, 5) is 8.29. The van der Waals surface area contributed by atoms with E-state index in [4.69, 9.17) is 0 Å². The normalized spacial score (nSPS) is 10.1. The molecule has 60 valence electrons. The van der Waals surface area contributed by atoms with Crippen LogP contribution in [0.1, 0.15) is 0 Å². The lowest BCUT2D eigenvalue weighted by Gasteiger charge is -1.87. The first kappa shape index (κ1) is 6.97. The highest BCUT2D eigenvalue weighted by molar-refractivity contribution is 5.46. The number of pyridine rings is 1. The fourth-order valence-corrected chi connectivity index (χ4v) is 0.995. The number of nitrogens with one attached hydrogen (secondary N) is 1. The molecule has 0 unspecified atom stereocenters. The molecule has 0 aliphatic heterocycles. The van der Waals surface area contributed by atoms with Gasteiger partial charge in [-0.15, -0.1) is 0 Å². The second-order valence-electron chi connectivity index (χ2n) is 2.53. The summed E-state index contributed by atoms with van der Waals surface area (Å²) in [7, 11) is 1.89. The van der Waals surface area contributed by atoms with Crippen molar-refractivity contribution >= 4 is 0 Å². The van der Waals surface area contributed by atoms with E-state index < -0.39 is 0 Å². The number of aryl methyl sites for hydroxylation is 1. The molecule has 12 heavy (non-hydrogen) atoms. The van der Waals surface area contributed by atoms with Crippen molar-refractivity contribution in [2.24, 2.45) is 7.05 Å². The van der Waals surface area contributed by atoms with Crippen molar-refractivity contribution in [2.45, 2.75) is 0 Å². The summed E-state index contributed by atoms with van der Waals surface area (Å²) in [5.41, 5.74) is 0.859. The zero-order chi connectivity index (χ0) is 8.39. The molecule has 0 atom stereocenters. The van der Waals surface area contributed by atoms with Crippen molar-refractivity contribution in [3.05, 3.63) is 30.7 Å². The van der Waals surface area contributed by atoms with E-state index in [1.165, 1.54) is 0 Å². The van der Waals surface area contributed by atoms with Crippen LogP contribution in [-0.4, -0.2) is 15.1 Å². The Morgan fingerprint density at radius 3 is 2.83 bits per heavy atom. The van der Waals surface area contributed by atoms with Gasteiger partial charge < -0.3 is 0 Å². The zero-order valence-electron chi connectivity index (χ0n) is 6.73. The van der Waals surface area contributed by atoms with Crippen LogP contribution >= 0.6 is 0 Å². The molecule has 2 aromatic heterocycles. The molecule has 0 amide bonds. The van der Waals surface area contributed by atoms with Gasteiger partial charge in [0.15, 0.2) is 0 Å². The van der Waals surface area contributed by atoms with Gasteiger partial charge in [-0.25, -0.2) is 0 Å². The first-order valence-corrected chi connectivity index (χ1v) is 3.68. The van der Waals surface area contributed by atoms with E-state index in [9.17, 15) is 0 Å². The van der Waals surface area contributed by atoms with Gasteiger partial charge in [0.2, 0.25) is 0 Å².